The second-order valence-corrected chi connectivity index (χ2v) is 5.27. The molecule has 0 radical (unpaired) electrons. The van der Waals surface area contributed by atoms with Crippen LogP contribution in [-0.4, -0.2) is 64.8 Å². The van der Waals surface area contributed by atoms with Crippen molar-refractivity contribution in [3.8, 4) is 5.88 Å². The lowest BCUT2D eigenvalue weighted by Gasteiger charge is -2.26. The molecule has 22 heavy (non-hydrogen) atoms. The Balaban J connectivity index is 2.03. The topological polar surface area (TPSA) is 78.8 Å². The van der Waals surface area contributed by atoms with Crippen LogP contribution in [0, 0.1) is 0 Å². The van der Waals surface area contributed by atoms with Crippen LogP contribution >= 0.6 is 0 Å². The molecule has 1 fully saturated rings. The molecule has 1 aliphatic heterocycles. The quantitative estimate of drug-likeness (QED) is 0.847. The summed E-state index contributed by atoms with van der Waals surface area (Å²) in [5, 5.41) is 9.30. The van der Waals surface area contributed by atoms with Gasteiger partial charge in [-0.1, -0.05) is 6.92 Å². The van der Waals surface area contributed by atoms with E-state index >= 15 is 0 Å². The molecule has 0 unspecified atom stereocenters. The number of hydrogen-bond donors (Lipinski definition) is 1. The highest BCUT2D eigenvalue weighted by molar-refractivity contribution is 5.73. The zero-order valence-electron chi connectivity index (χ0n) is 13.2. The van der Waals surface area contributed by atoms with Crippen molar-refractivity contribution in [1.82, 2.24) is 14.9 Å². The maximum Gasteiger partial charge on any atom is 0.320 e. The highest BCUT2D eigenvalue weighted by Crippen LogP contribution is 2.16. The number of carbonyl (C=O) groups is 1. The molecule has 1 aliphatic rings. The zero-order valence-corrected chi connectivity index (χ0v) is 13.2. The predicted molar refractivity (Wildman–Crippen MR) is 83.3 cm³/mol. The van der Waals surface area contributed by atoms with Gasteiger partial charge in [-0.2, -0.15) is 4.98 Å². The van der Waals surface area contributed by atoms with Crippen LogP contribution in [0.5, 0.6) is 5.88 Å². The van der Waals surface area contributed by atoms with Gasteiger partial charge in [0.15, 0.2) is 0 Å². The van der Waals surface area contributed by atoms with Gasteiger partial charge in [0.05, 0.1) is 6.61 Å². The minimum Gasteiger partial charge on any atom is -0.480 e. The van der Waals surface area contributed by atoms with Crippen LogP contribution in [0.1, 0.15) is 26.7 Å². The number of nitrogens with zero attached hydrogens (tertiary/aromatic N) is 4. The van der Waals surface area contributed by atoms with Crippen LogP contribution in [0.4, 0.5) is 5.95 Å². The van der Waals surface area contributed by atoms with Gasteiger partial charge in [-0.15, -0.1) is 0 Å². The molecule has 7 heteroatoms. The molecular weight excluding hydrogens is 284 g/mol. The fourth-order valence-corrected chi connectivity index (χ4v) is 2.75. The number of aliphatic carboxylic acids is 1. The molecule has 0 aliphatic carbocycles. The fraction of sp³-hybridized carbons (Fsp3) is 0.667. The molecule has 1 N–H and O–H groups in total. The van der Waals surface area contributed by atoms with E-state index in [2.05, 4.69) is 14.9 Å². The Morgan fingerprint density at radius 2 is 2.18 bits per heavy atom. The molecule has 1 aromatic heterocycles. The molecule has 2 heterocycles. The molecule has 122 valence electrons. The summed E-state index contributed by atoms with van der Waals surface area (Å²) in [5.74, 6) is 0.479. The first-order valence-electron chi connectivity index (χ1n) is 7.83. The third-order valence-electron chi connectivity index (χ3n) is 3.84. The van der Waals surface area contributed by atoms with E-state index in [4.69, 9.17) is 4.74 Å². The van der Waals surface area contributed by atoms with Gasteiger partial charge in [-0.25, -0.2) is 4.98 Å². The zero-order chi connectivity index (χ0) is 15.9. The Kier molecular flexibility index (Phi) is 5.94. The van der Waals surface area contributed by atoms with Gasteiger partial charge in [-0.3, -0.25) is 9.69 Å². The average molecular weight is 308 g/mol. The van der Waals surface area contributed by atoms with Gasteiger partial charge in [0.2, 0.25) is 11.8 Å². The largest absolute Gasteiger partial charge is 0.480 e. The van der Waals surface area contributed by atoms with Crippen molar-refractivity contribution in [2.24, 2.45) is 0 Å². The predicted octanol–water partition coefficient (Wildman–Crippen LogP) is 1.25. The van der Waals surface area contributed by atoms with Gasteiger partial charge >= 0.3 is 5.97 Å². The second kappa shape index (κ2) is 7.93. The minimum atomic E-state index is -0.745. The lowest BCUT2D eigenvalue weighted by molar-refractivity contribution is -0.143. The first-order chi connectivity index (χ1) is 10.7. The van der Waals surface area contributed by atoms with E-state index in [-0.39, 0.29) is 0 Å². The number of hydrogen-bond acceptors (Lipinski definition) is 6. The number of carboxylic acid groups (broad SMARTS) is 1. The van der Waals surface area contributed by atoms with Crippen LogP contribution in [0.3, 0.4) is 0 Å². The molecule has 1 aromatic rings. The molecule has 0 bridgehead atoms. The first-order valence-corrected chi connectivity index (χ1v) is 7.83. The van der Waals surface area contributed by atoms with Crippen LogP contribution in [0.25, 0.3) is 0 Å². The molecular formula is C15H24N4O3. The number of rotatable bonds is 6. The molecule has 0 spiro atoms. The van der Waals surface area contributed by atoms with Gasteiger partial charge < -0.3 is 14.7 Å². The minimum absolute atomic E-state index is 0.407. The molecule has 1 atom stereocenters. The standard InChI is InChI=1S/C15H24N4O3/c1-3-12(14(20)21)18-8-5-9-19(11-10-18)15-16-7-6-13(17-15)22-4-2/h6-7,12H,3-5,8-11H2,1-2H3,(H,20,21)/t12-/m1/s1. The Labute approximate surface area is 130 Å². The van der Waals surface area contributed by atoms with E-state index < -0.39 is 12.0 Å². The first kappa shape index (κ1) is 16.5. The Morgan fingerprint density at radius 3 is 2.86 bits per heavy atom. The summed E-state index contributed by atoms with van der Waals surface area (Å²) in [6, 6.07) is 1.34. The van der Waals surface area contributed by atoms with Crippen LogP contribution in [-0.2, 0) is 4.79 Å². The van der Waals surface area contributed by atoms with E-state index in [1.807, 2.05) is 18.7 Å². The van der Waals surface area contributed by atoms with Gasteiger partial charge in [0, 0.05) is 38.4 Å². The van der Waals surface area contributed by atoms with E-state index in [0.717, 1.165) is 26.1 Å². The number of ether oxygens (including phenoxy) is 1. The lowest BCUT2D eigenvalue weighted by Crippen LogP contribution is -2.43. The summed E-state index contributed by atoms with van der Waals surface area (Å²) in [5.41, 5.74) is 0. The van der Waals surface area contributed by atoms with Crippen LogP contribution in [0.2, 0.25) is 0 Å². The average Bonchev–Trinajstić information content (AvgIpc) is 2.74. The van der Waals surface area contributed by atoms with Crippen molar-refractivity contribution in [2.45, 2.75) is 32.7 Å². The van der Waals surface area contributed by atoms with Crippen molar-refractivity contribution < 1.29 is 14.6 Å². The summed E-state index contributed by atoms with van der Waals surface area (Å²) in [7, 11) is 0. The monoisotopic (exact) mass is 308 g/mol. The Bertz CT molecular complexity index is 497. The SMILES string of the molecule is CCOc1ccnc(N2CCCN([C@H](CC)C(=O)O)CC2)n1. The summed E-state index contributed by atoms with van der Waals surface area (Å²) in [6.45, 7) is 7.43. The smallest absolute Gasteiger partial charge is 0.320 e. The molecule has 2 rings (SSSR count). The summed E-state index contributed by atoms with van der Waals surface area (Å²) < 4.78 is 5.41. The molecule has 7 nitrogen and oxygen atoms in total. The second-order valence-electron chi connectivity index (χ2n) is 5.27. The highest BCUT2D eigenvalue weighted by atomic mass is 16.5. The van der Waals surface area contributed by atoms with Gasteiger partial charge in [0.25, 0.3) is 0 Å². The third kappa shape index (κ3) is 4.07. The normalized spacial score (nSPS) is 17.8. The summed E-state index contributed by atoms with van der Waals surface area (Å²) in [4.78, 5) is 24.2. The van der Waals surface area contributed by atoms with Gasteiger partial charge in [-0.05, 0) is 19.8 Å². The van der Waals surface area contributed by atoms with E-state index in [9.17, 15) is 9.90 Å². The van der Waals surface area contributed by atoms with E-state index in [1.54, 1.807) is 12.3 Å². The Hall–Kier alpha value is -1.89. The van der Waals surface area contributed by atoms with E-state index in [0.29, 0.717) is 31.4 Å². The van der Waals surface area contributed by atoms with Crippen molar-refractivity contribution in [1.29, 1.82) is 0 Å². The molecule has 0 saturated carbocycles. The van der Waals surface area contributed by atoms with E-state index in [1.165, 1.54) is 0 Å². The van der Waals surface area contributed by atoms with Gasteiger partial charge in [0.1, 0.15) is 6.04 Å². The number of carboxylic acids is 1. The van der Waals surface area contributed by atoms with Crippen molar-refractivity contribution in [3.63, 3.8) is 0 Å². The highest BCUT2D eigenvalue weighted by Gasteiger charge is 2.26. The summed E-state index contributed by atoms with van der Waals surface area (Å²) in [6.07, 6.45) is 3.21. The van der Waals surface area contributed by atoms with Crippen LogP contribution < -0.4 is 9.64 Å². The Morgan fingerprint density at radius 1 is 1.36 bits per heavy atom. The van der Waals surface area contributed by atoms with Crippen LogP contribution in [0.15, 0.2) is 12.3 Å². The maximum absolute atomic E-state index is 11.3. The summed E-state index contributed by atoms with van der Waals surface area (Å²) >= 11 is 0. The molecule has 0 amide bonds. The maximum atomic E-state index is 11.3. The van der Waals surface area contributed by atoms with Crippen molar-refractivity contribution in [2.75, 3.05) is 37.7 Å². The van der Waals surface area contributed by atoms with Crippen molar-refractivity contribution in [3.05, 3.63) is 12.3 Å². The molecule has 1 saturated heterocycles. The number of aromatic nitrogens is 2. The fourth-order valence-electron chi connectivity index (χ4n) is 2.75. The van der Waals surface area contributed by atoms with Crippen molar-refractivity contribution >= 4 is 11.9 Å². The lowest BCUT2D eigenvalue weighted by atomic mass is 10.2. The molecule has 0 aromatic carbocycles. The third-order valence-corrected chi connectivity index (χ3v) is 3.84. The number of anilines is 1.